The number of benzene rings is 1. The lowest BCUT2D eigenvalue weighted by molar-refractivity contribution is -0.384. The maximum Gasteiger partial charge on any atom is 0.337 e. The number of esters is 2. The monoisotopic (exact) mass is 456 g/mol. The first-order valence-electron chi connectivity index (χ1n) is 10.9. The number of ether oxygens (including phenoxy) is 2. The van der Waals surface area contributed by atoms with Gasteiger partial charge in [-0.3, -0.25) is 19.7 Å². The van der Waals surface area contributed by atoms with E-state index < -0.39 is 34.5 Å². The third-order valence-electron chi connectivity index (χ3n) is 6.26. The van der Waals surface area contributed by atoms with Gasteiger partial charge in [0, 0.05) is 35.0 Å². The molecule has 1 aromatic carbocycles. The Hall–Kier alpha value is -3.49. The number of methoxy groups -OCH3 is 1. The molecule has 0 fully saturated rings. The van der Waals surface area contributed by atoms with Crippen LogP contribution < -0.4 is 5.32 Å². The van der Waals surface area contributed by atoms with Crippen LogP contribution in [0.5, 0.6) is 0 Å². The predicted molar refractivity (Wildman–Crippen MR) is 119 cm³/mol. The van der Waals surface area contributed by atoms with Crippen LogP contribution in [0.3, 0.4) is 0 Å². The van der Waals surface area contributed by atoms with E-state index in [4.69, 9.17) is 9.47 Å². The lowest BCUT2D eigenvalue weighted by atomic mass is 9.69. The molecule has 0 saturated carbocycles. The number of dihydropyridines is 1. The van der Waals surface area contributed by atoms with Crippen LogP contribution in [-0.4, -0.2) is 35.9 Å². The van der Waals surface area contributed by atoms with Crippen LogP contribution in [0.15, 0.2) is 46.8 Å². The van der Waals surface area contributed by atoms with Crippen molar-refractivity contribution in [2.75, 3.05) is 7.11 Å². The Bertz CT molecular complexity index is 1070. The van der Waals surface area contributed by atoms with Gasteiger partial charge in [0.1, 0.15) is 5.92 Å². The second-order valence-corrected chi connectivity index (χ2v) is 8.51. The standard InChI is InChI=1S/C24H28N2O7/c1-6-13(3)33-24(29)19-14(4)25-17-10-12(2)18(23(28)32-5)22(27)21(17)20(19)15-8-7-9-16(11-15)26(30)31/h7-9,11-13,18,20,25H,6,10H2,1-5H3/t12-,13-,18+,20+/m0/s1. The molecule has 1 heterocycles. The first kappa shape index (κ1) is 24.2. The third kappa shape index (κ3) is 4.53. The van der Waals surface area contributed by atoms with Crippen LogP contribution in [0.4, 0.5) is 5.69 Å². The van der Waals surface area contributed by atoms with Gasteiger partial charge >= 0.3 is 11.9 Å². The number of carbonyl (C=O) groups excluding carboxylic acids is 3. The number of hydrogen-bond acceptors (Lipinski definition) is 8. The van der Waals surface area contributed by atoms with Gasteiger partial charge in [-0.25, -0.2) is 4.79 Å². The summed E-state index contributed by atoms with van der Waals surface area (Å²) in [7, 11) is 1.22. The summed E-state index contributed by atoms with van der Waals surface area (Å²) >= 11 is 0. The number of ketones is 1. The van der Waals surface area contributed by atoms with Crippen molar-refractivity contribution in [1.82, 2.24) is 5.32 Å². The smallest absolute Gasteiger partial charge is 0.337 e. The van der Waals surface area contributed by atoms with E-state index in [-0.39, 0.29) is 28.9 Å². The van der Waals surface area contributed by atoms with Crippen molar-refractivity contribution in [3.05, 3.63) is 62.5 Å². The number of Topliss-reactive ketones (excluding diaryl/α,β-unsaturated/α-hetero) is 1. The van der Waals surface area contributed by atoms with Gasteiger partial charge in [-0.1, -0.05) is 26.0 Å². The summed E-state index contributed by atoms with van der Waals surface area (Å²) < 4.78 is 10.4. The van der Waals surface area contributed by atoms with Crippen LogP contribution in [0.25, 0.3) is 0 Å². The van der Waals surface area contributed by atoms with Gasteiger partial charge in [-0.2, -0.15) is 0 Å². The average Bonchev–Trinajstić information content (AvgIpc) is 2.77. The van der Waals surface area contributed by atoms with Crippen molar-refractivity contribution in [2.45, 2.75) is 52.6 Å². The Kier molecular flexibility index (Phi) is 7.00. The minimum absolute atomic E-state index is 0.165. The number of allylic oxidation sites excluding steroid dienone is 3. The predicted octanol–water partition coefficient (Wildman–Crippen LogP) is 3.55. The molecule has 0 spiro atoms. The molecule has 0 aromatic heterocycles. The van der Waals surface area contributed by atoms with E-state index in [0.717, 1.165) is 0 Å². The van der Waals surface area contributed by atoms with E-state index in [2.05, 4.69) is 5.32 Å². The molecule has 1 aromatic rings. The van der Waals surface area contributed by atoms with E-state index in [1.165, 1.54) is 25.3 Å². The molecule has 33 heavy (non-hydrogen) atoms. The number of rotatable bonds is 6. The average molecular weight is 456 g/mol. The number of carbonyl (C=O) groups is 3. The largest absolute Gasteiger partial charge is 0.468 e. The van der Waals surface area contributed by atoms with Crippen molar-refractivity contribution >= 4 is 23.4 Å². The van der Waals surface area contributed by atoms with Gasteiger partial charge in [0.25, 0.3) is 5.69 Å². The molecule has 2 aliphatic rings. The summed E-state index contributed by atoms with van der Waals surface area (Å²) in [6, 6.07) is 5.84. The van der Waals surface area contributed by atoms with Crippen LogP contribution in [0.1, 0.15) is 52.0 Å². The second-order valence-electron chi connectivity index (χ2n) is 8.51. The molecular weight excluding hydrogens is 428 g/mol. The van der Waals surface area contributed by atoms with E-state index in [0.29, 0.717) is 29.8 Å². The maximum atomic E-state index is 13.6. The van der Waals surface area contributed by atoms with Gasteiger partial charge in [0.2, 0.25) is 0 Å². The van der Waals surface area contributed by atoms with Gasteiger partial charge in [-0.15, -0.1) is 0 Å². The number of nitrogens with zero attached hydrogens (tertiary/aromatic N) is 1. The Balaban J connectivity index is 2.20. The number of nitro groups is 1. The molecule has 176 valence electrons. The van der Waals surface area contributed by atoms with E-state index in [9.17, 15) is 24.5 Å². The zero-order chi connectivity index (χ0) is 24.4. The fourth-order valence-electron chi connectivity index (χ4n) is 4.43. The molecule has 3 rings (SSSR count). The van der Waals surface area contributed by atoms with Crippen LogP contribution in [-0.2, 0) is 23.9 Å². The molecule has 1 aliphatic heterocycles. The number of nitro benzene ring substituents is 1. The van der Waals surface area contributed by atoms with E-state index in [1.54, 1.807) is 26.8 Å². The SMILES string of the molecule is CC[C@H](C)OC(=O)C1=C(C)NC2=C(C(=O)[C@H](C(=O)OC)[C@@H](C)C2)[C@@H]1c1cccc([N+](=O)[O-])c1. The number of nitrogens with one attached hydrogen (secondary N) is 1. The van der Waals surface area contributed by atoms with Gasteiger partial charge < -0.3 is 14.8 Å². The van der Waals surface area contributed by atoms with Crippen LogP contribution >= 0.6 is 0 Å². The molecular formula is C24H28N2O7. The first-order valence-corrected chi connectivity index (χ1v) is 10.9. The highest BCUT2D eigenvalue weighted by molar-refractivity contribution is 6.12. The molecule has 0 unspecified atom stereocenters. The third-order valence-corrected chi connectivity index (χ3v) is 6.26. The molecule has 9 heteroatoms. The lowest BCUT2D eigenvalue weighted by Gasteiger charge is -2.38. The summed E-state index contributed by atoms with van der Waals surface area (Å²) in [5.41, 5.74) is 1.78. The summed E-state index contributed by atoms with van der Waals surface area (Å²) in [5, 5.41) is 14.6. The highest BCUT2D eigenvalue weighted by atomic mass is 16.6. The summed E-state index contributed by atoms with van der Waals surface area (Å²) in [6.07, 6.45) is 0.628. The quantitative estimate of drug-likeness (QED) is 0.298. The molecule has 0 radical (unpaired) electrons. The van der Waals surface area contributed by atoms with Crippen molar-refractivity contribution < 1.29 is 28.8 Å². The van der Waals surface area contributed by atoms with Gasteiger partial charge in [-0.05, 0) is 38.2 Å². The second kappa shape index (κ2) is 9.56. The zero-order valence-corrected chi connectivity index (χ0v) is 19.3. The minimum atomic E-state index is -1.03. The fourth-order valence-corrected chi connectivity index (χ4v) is 4.43. The van der Waals surface area contributed by atoms with E-state index >= 15 is 0 Å². The first-order chi connectivity index (χ1) is 15.6. The Morgan fingerprint density at radius 2 is 2.03 bits per heavy atom. The molecule has 0 saturated heterocycles. The molecule has 0 bridgehead atoms. The molecule has 1 N–H and O–H groups in total. The fraction of sp³-hybridized carbons (Fsp3) is 0.458. The molecule has 4 atom stereocenters. The Labute approximate surface area is 192 Å². The minimum Gasteiger partial charge on any atom is -0.468 e. The van der Waals surface area contributed by atoms with Crippen molar-refractivity contribution in [3.8, 4) is 0 Å². The van der Waals surface area contributed by atoms with Crippen molar-refractivity contribution in [3.63, 3.8) is 0 Å². The van der Waals surface area contributed by atoms with Crippen molar-refractivity contribution in [2.24, 2.45) is 11.8 Å². The van der Waals surface area contributed by atoms with Gasteiger partial charge in [0.15, 0.2) is 5.78 Å². The van der Waals surface area contributed by atoms with Crippen LogP contribution in [0.2, 0.25) is 0 Å². The maximum absolute atomic E-state index is 13.6. The molecule has 0 amide bonds. The topological polar surface area (TPSA) is 125 Å². The van der Waals surface area contributed by atoms with E-state index in [1.807, 2.05) is 6.92 Å². The Morgan fingerprint density at radius 1 is 1.33 bits per heavy atom. The highest BCUT2D eigenvalue weighted by Gasteiger charge is 2.47. The summed E-state index contributed by atoms with van der Waals surface area (Å²) in [4.78, 5) is 50.2. The summed E-state index contributed by atoms with van der Waals surface area (Å²) in [6.45, 7) is 7.14. The highest BCUT2D eigenvalue weighted by Crippen LogP contribution is 2.46. The molecule has 9 nitrogen and oxygen atoms in total. The van der Waals surface area contributed by atoms with Crippen molar-refractivity contribution in [1.29, 1.82) is 0 Å². The normalized spacial score (nSPS) is 23.4. The Morgan fingerprint density at radius 3 is 2.64 bits per heavy atom. The zero-order valence-electron chi connectivity index (χ0n) is 19.3. The van der Waals surface area contributed by atoms with Gasteiger partial charge in [0.05, 0.1) is 23.7 Å². The summed E-state index contributed by atoms with van der Waals surface area (Å²) in [5.74, 6) is -3.97. The number of hydrogen-bond donors (Lipinski definition) is 1. The number of non-ortho nitro benzene ring substituents is 1. The van der Waals surface area contributed by atoms with Crippen LogP contribution in [0, 0.1) is 22.0 Å². The molecule has 1 aliphatic carbocycles. The lowest BCUT2D eigenvalue weighted by Crippen LogP contribution is -2.43.